The number of rotatable bonds is 9. The normalized spacial score (nSPS) is 10.7. The summed E-state index contributed by atoms with van der Waals surface area (Å²) >= 11 is 1.55. The summed E-state index contributed by atoms with van der Waals surface area (Å²) in [6.45, 7) is 5.97. The second-order valence-electron chi connectivity index (χ2n) is 6.80. The molecule has 152 valence electrons. The predicted molar refractivity (Wildman–Crippen MR) is 115 cm³/mol. The Morgan fingerprint density at radius 2 is 1.90 bits per heavy atom. The number of hydrogen-bond donors (Lipinski definition) is 0. The van der Waals surface area contributed by atoms with Crippen molar-refractivity contribution in [1.29, 1.82) is 0 Å². The van der Waals surface area contributed by atoms with Gasteiger partial charge >= 0.3 is 0 Å². The summed E-state index contributed by atoms with van der Waals surface area (Å²) in [4.78, 5) is 19.3. The number of carbonyl (C=O) groups excluding carboxylic acids is 1. The van der Waals surface area contributed by atoms with Gasteiger partial charge in [0.25, 0.3) is 5.91 Å². The van der Waals surface area contributed by atoms with Crippen molar-refractivity contribution in [2.75, 3.05) is 20.3 Å². The highest BCUT2D eigenvalue weighted by molar-refractivity contribution is 7.09. The second kappa shape index (κ2) is 10.2. The van der Waals surface area contributed by atoms with Gasteiger partial charge < -0.3 is 14.4 Å². The maximum Gasteiger partial charge on any atom is 0.254 e. The molecule has 0 radical (unpaired) electrons. The number of benzene rings is 2. The minimum atomic E-state index is -0.0242. The van der Waals surface area contributed by atoms with Crippen molar-refractivity contribution in [3.63, 3.8) is 0 Å². The number of aromatic nitrogens is 1. The van der Waals surface area contributed by atoms with Gasteiger partial charge in [-0.2, -0.15) is 0 Å². The Labute approximate surface area is 175 Å². The molecule has 0 saturated heterocycles. The molecule has 0 spiro atoms. The van der Waals surface area contributed by atoms with E-state index < -0.39 is 0 Å². The summed E-state index contributed by atoms with van der Waals surface area (Å²) in [6.07, 6.45) is 0. The smallest absolute Gasteiger partial charge is 0.254 e. The van der Waals surface area contributed by atoms with Crippen LogP contribution < -0.4 is 4.74 Å². The van der Waals surface area contributed by atoms with Crippen LogP contribution in [0.2, 0.25) is 0 Å². The van der Waals surface area contributed by atoms with Gasteiger partial charge in [-0.3, -0.25) is 4.79 Å². The zero-order valence-electron chi connectivity index (χ0n) is 17.1. The van der Waals surface area contributed by atoms with Crippen LogP contribution in [-0.4, -0.2) is 36.1 Å². The zero-order chi connectivity index (χ0) is 20.6. The first-order chi connectivity index (χ1) is 14.1. The molecule has 1 aromatic heterocycles. The average Bonchev–Trinajstić information content (AvgIpc) is 3.19. The van der Waals surface area contributed by atoms with Crippen molar-refractivity contribution in [1.82, 2.24) is 9.88 Å². The summed E-state index contributed by atoms with van der Waals surface area (Å²) < 4.78 is 11.1. The van der Waals surface area contributed by atoms with Crippen LogP contribution in [0.4, 0.5) is 0 Å². The number of aryl methyl sites for hydroxylation is 1. The SMILES string of the molecule is COCCN(Cc1csc(COc2cccc(C)c2C)n1)C(=O)c1ccccc1. The topological polar surface area (TPSA) is 51.7 Å². The molecule has 0 N–H and O–H groups in total. The summed E-state index contributed by atoms with van der Waals surface area (Å²) in [7, 11) is 1.64. The minimum absolute atomic E-state index is 0.0242. The van der Waals surface area contributed by atoms with Gasteiger partial charge in [0, 0.05) is 24.6 Å². The van der Waals surface area contributed by atoms with Gasteiger partial charge in [-0.25, -0.2) is 4.98 Å². The van der Waals surface area contributed by atoms with Crippen LogP contribution >= 0.6 is 11.3 Å². The molecule has 5 nitrogen and oxygen atoms in total. The van der Waals surface area contributed by atoms with Gasteiger partial charge in [0.05, 0.1) is 18.8 Å². The fourth-order valence-electron chi connectivity index (χ4n) is 2.92. The maximum atomic E-state index is 12.9. The third-order valence-electron chi connectivity index (χ3n) is 4.73. The number of amides is 1. The third-order valence-corrected chi connectivity index (χ3v) is 5.60. The molecule has 0 saturated carbocycles. The predicted octanol–water partition coefficient (Wildman–Crippen LogP) is 4.63. The molecule has 1 heterocycles. The van der Waals surface area contributed by atoms with Gasteiger partial charge in [0.1, 0.15) is 17.4 Å². The van der Waals surface area contributed by atoms with E-state index in [-0.39, 0.29) is 5.91 Å². The monoisotopic (exact) mass is 410 g/mol. The van der Waals surface area contributed by atoms with E-state index in [0.29, 0.717) is 31.9 Å². The maximum absolute atomic E-state index is 12.9. The van der Waals surface area contributed by atoms with Crippen LogP contribution in [-0.2, 0) is 17.9 Å². The van der Waals surface area contributed by atoms with Crippen LogP contribution in [0, 0.1) is 13.8 Å². The van der Waals surface area contributed by atoms with Gasteiger partial charge in [0.2, 0.25) is 0 Å². The number of hydrogen-bond acceptors (Lipinski definition) is 5. The van der Waals surface area contributed by atoms with Gasteiger partial charge in [-0.15, -0.1) is 11.3 Å². The lowest BCUT2D eigenvalue weighted by Crippen LogP contribution is -2.33. The molecule has 0 bridgehead atoms. The first-order valence-electron chi connectivity index (χ1n) is 9.54. The molecule has 3 aromatic rings. The van der Waals surface area contributed by atoms with Crippen LogP contribution in [0.1, 0.15) is 32.2 Å². The van der Waals surface area contributed by atoms with Crippen LogP contribution in [0.3, 0.4) is 0 Å². The number of thiazole rings is 1. The Kier molecular flexibility index (Phi) is 7.38. The lowest BCUT2D eigenvalue weighted by Gasteiger charge is -2.21. The summed E-state index contributed by atoms with van der Waals surface area (Å²) in [5.41, 5.74) is 3.87. The second-order valence-corrected chi connectivity index (χ2v) is 7.75. The number of carbonyl (C=O) groups is 1. The first-order valence-corrected chi connectivity index (χ1v) is 10.4. The van der Waals surface area contributed by atoms with Gasteiger partial charge in [0.15, 0.2) is 0 Å². The van der Waals surface area contributed by atoms with Crippen molar-refractivity contribution in [3.05, 3.63) is 81.3 Å². The van der Waals surface area contributed by atoms with Crippen molar-refractivity contribution in [2.24, 2.45) is 0 Å². The molecule has 0 aliphatic carbocycles. The van der Waals surface area contributed by atoms with Crippen molar-refractivity contribution >= 4 is 17.2 Å². The Morgan fingerprint density at radius 1 is 1.10 bits per heavy atom. The van der Waals surface area contributed by atoms with Gasteiger partial charge in [-0.05, 0) is 43.2 Å². The highest BCUT2D eigenvalue weighted by atomic mass is 32.1. The molecule has 6 heteroatoms. The van der Waals surface area contributed by atoms with E-state index in [1.807, 2.05) is 47.8 Å². The lowest BCUT2D eigenvalue weighted by molar-refractivity contribution is 0.0678. The van der Waals surface area contributed by atoms with E-state index in [1.54, 1.807) is 23.3 Å². The summed E-state index contributed by atoms with van der Waals surface area (Å²) in [5, 5.41) is 2.87. The Hall–Kier alpha value is -2.70. The molecule has 0 aliphatic rings. The quantitative estimate of drug-likeness (QED) is 0.516. The van der Waals surface area contributed by atoms with Gasteiger partial charge in [-0.1, -0.05) is 30.3 Å². The fraction of sp³-hybridized carbons (Fsp3) is 0.304. The molecule has 29 heavy (non-hydrogen) atoms. The molecule has 1 amide bonds. The van der Waals surface area contributed by atoms with Crippen molar-refractivity contribution in [3.8, 4) is 5.75 Å². The van der Waals surface area contributed by atoms with E-state index in [0.717, 1.165) is 22.0 Å². The first kappa shape index (κ1) is 21.0. The van der Waals surface area contributed by atoms with E-state index in [2.05, 4.69) is 24.9 Å². The van der Waals surface area contributed by atoms with Crippen molar-refractivity contribution in [2.45, 2.75) is 27.0 Å². The molecular weight excluding hydrogens is 384 g/mol. The Morgan fingerprint density at radius 3 is 2.66 bits per heavy atom. The highest BCUT2D eigenvalue weighted by Gasteiger charge is 2.17. The molecule has 0 fully saturated rings. The van der Waals surface area contributed by atoms with E-state index in [9.17, 15) is 4.79 Å². The number of methoxy groups -OCH3 is 1. The van der Waals surface area contributed by atoms with E-state index in [1.165, 1.54) is 5.56 Å². The largest absolute Gasteiger partial charge is 0.486 e. The van der Waals surface area contributed by atoms with E-state index >= 15 is 0 Å². The Bertz CT molecular complexity index is 940. The average molecular weight is 411 g/mol. The Balaban J connectivity index is 1.65. The molecule has 3 rings (SSSR count). The molecule has 0 unspecified atom stereocenters. The summed E-state index contributed by atoms with van der Waals surface area (Å²) in [5.74, 6) is 0.853. The number of ether oxygens (including phenoxy) is 2. The van der Waals surface area contributed by atoms with Crippen molar-refractivity contribution < 1.29 is 14.3 Å². The standard InChI is InChI=1S/C23H26N2O3S/c1-17-8-7-11-21(18(17)2)28-15-22-24-20(16-29-22)14-25(12-13-27-3)23(26)19-9-5-4-6-10-19/h4-11,16H,12-15H2,1-3H3. The van der Waals surface area contributed by atoms with E-state index in [4.69, 9.17) is 9.47 Å². The fourth-order valence-corrected chi connectivity index (χ4v) is 3.62. The molecule has 0 aliphatic heterocycles. The molecular formula is C23H26N2O3S. The third kappa shape index (κ3) is 5.65. The molecule has 0 atom stereocenters. The molecule has 2 aromatic carbocycles. The summed E-state index contributed by atoms with van der Waals surface area (Å²) in [6, 6.07) is 15.3. The number of nitrogens with zero attached hydrogens (tertiary/aromatic N) is 2. The highest BCUT2D eigenvalue weighted by Crippen LogP contribution is 2.22. The minimum Gasteiger partial charge on any atom is -0.486 e. The van der Waals surface area contributed by atoms with Crippen LogP contribution in [0.25, 0.3) is 0 Å². The zero-order valence-corrected chi connectivity index (χ0v) is 17.9. The van der Waals surface area contributed by atoms with Crippen LogP contribution in [0.15, 0.2) is 53.9 Å². The lowest BCUT2D eigenvalue weighted by atomic mass is 10.1. The van der Waals surface area contributed by atoms with Crippen LogP contribution in [0.5, 0.6) is 5.75 Å².